The molecular weight excluding hydrogens is 272 g/mol. The third-order valence-electron chi connectivity index (χ3n) is 2.83. The number of furan rings is 1. The average molecular weight is 284 g/mol. The van der Waals surface area contributed by atoms with Crippen molar-refractivity contribution in [3.63, 3.8) is 0 Å². The van der Waals surface area contributed by atoms with Crippen LogP contribution in [0.15, 0.2) is 58.9 Å². The summed E-state index contributed by atoms with van der Waals surface area (Å²) >= 11 is 1.64. The molecule has 0 saturated heterocycles. The fourth-order valence-electron chi connectivity index (χ4n) is 1.82. The van der Waals surface area contributed by atoms with E-state index in [1.807, 2.05) is 29.6 Å². The van der Waals surface area contributed by atoms with Gasteiger partial charge >= 0.3 is 0 Å². The van der Waals surface area contributed by atoms with Crippen molar-refractivity contribution in [3.05, 3.63) is 65.6 Å². The lowest BCUT2D eigenvalue weighted by Gasteiger charge is -2.05. The fourth-order valence-corrected chi connectivity index (χ4v) is 2.51. The first-order valence-corrected chi connectivity index (χ1v) is 7.00. The quantitative estimate of drug-likeness (QED) is 0.799. The van der Waals surface area contributed by atoms with Crippen molar-refractivity contribution in [2.75, 3.05) is 0 Å². The highest BCUT2D eigenvalue weighted by molar-refractivity contribution is 7.13. The van der Waals surface area contributed by atoms with E-state index in [2.05, 4.69) is 10.3 Å². The summed E-state index contributed by atoms with van der Waals surface area (Å²) in [5.74, 6) is -0.145. The molecule has 0 radical (unpaired) electrons. The zero-order valence-corrected chi connectivity index (χ0v) is 11.4. The van der Waals surface area contributed by atoms with Gasteiger partial charge in [-0.1, -0.05) is 6.07 Å². The number of carbonyl (C=O) groups is 1. The van der Waals surface area contributed by atoms with E-state index < -0.39 is 0 Å². The summed E-state index contributed by atoms with van der Waals surface area (Å²) in [5, 5.41) is 4.87. The van der Waals surface area contributed by atoms with Gasteiger partial charge < -0.3 is 9.73 Å². The van der Waals surface area contributed by atoms with E-state index in [0.717, 1.165) is 16.1 Å². The van der Waals surface area contributed by atoms with Gasteiger partial charge in [0.1, 0.15) is 6.26 Å². The van der Waals surface area contributed by atoms with Crippen LogP contribution in [0.1, 0.15) is 15.9 Å². The predicted octanol–water partition coefficient (Wildman–Crippen LogP) is 3.33. The second-order valence-corrected chi connectivity index (χ2v) is 5.17. The molecule has 1 amide bonds. The molecule has 0 unspecified atom stereocenters. The third-order valence-corrected chi connectivity index (χ3v) is 3.73. The van der Waals surface area contributed by atoms with Crippen molar-refractivity contribution in [3.8, 4) is 10.6 Å². The van der Waals surface area contributed by atoms with E-state index in [1.165, 1.54) is 12.5 Å². The summed E-state index contributed by atoms with van der Waals surface area (Å²) in [6, 6.07) is 9.54. The van der Waals surface area contributed by atoms with Gasteiger partial charge in [-0.3, -0.25) is 9.78 Å². The first-order valence-electron chi connectivity index (χ1n) is 6.12. The number of rotatable bonds is 4. The molecule has 0 aliphatic heterocycles. The third kappa shape index (κ3) is 2.78. The largest absolute Gasteiger partial charge is 0.472 e. The maximum Gasteiger partial charge on any atom is 0.254 e. The normalized spacial score (nSPS) is 10.4. The van der Waals surface area contributed by atoms with E-state index in [1.54, 1.807) is 23.6 Å². The molecule has 3 aromatic heterocycles. The molecule has 5 heteroatoms. The van der Waals surface area contributed by atoms with Crippen LogP contribution in [0.4, 0.5) is 0 Å². The van der Waals surface area contributed by atoms with Gasteiger partial charge in [0.2, 0.25) is 0 Å². The summed E-state index contributed by atoms with van der Waals surface area (Å²) in [6.07, 6.45) is 4.67. The summed E-state index contributed by atoms with van der Waals surface area (Å²) in [7, 11) is 0. The fraction of sp³-hybridized carbons (Fsp3) is 0.0667. The summed E-state index contributed by atoms with van der Waals surface area (Å²) in [6.45, 7) is 0.463. The number of nitrogens with one attached hydrogen (secondary N) is 1. The van der Waals surface area contributed by atoms with Gasteiger partial charge in [-0.2, -0.15) is 0 Å². The molecule has 0 aromatic carbocycles. The Hall–Kier alpha value is -2.40. The van der Waals surface area contributed by atoms with Crippen LogP contribution >= 0.6 is 11.3 Å². The molecule has 100 valence electrons. The topological polar surface area (TPSA) is 55.1 Å². The predicted molar refractivity (Wildman–Crippen MR) is 77.4 cm³/mol. The van der Waals surface area contributed by atoms with Crippen molar-refractivity contribution in [2.24, 2.45) is 0 Å². The monoisotopic (exact) mass is 284 g/mol. The molecule has 20 heavy (non-hydrogen) atoms. The molecular formula is C15H12N2O2S. The number of hydrogen-bond donors (Lipinski definition) is 1. The van der Waals surface area contributed by atoms with Crippen molar-refractivity contribution in [1.29, 1.82) is 0 Å². The van der Waals surface area contributed by atoms with Crippen LogP contribution in [-0.2, 0) is 6.54 Å². The molecule has 0 saturated carbocycles. The van der Waals surface area contributed by atoms with Crippen LogP contribution < -0.4 is 5.32 Å². The van der Waals surface area contributed by atoms with E-state index >= 15 is 0 Å². The molecule has 4 nitrogen and oxygen atoms in total. The van der Waals surface area contributed by atoms with Crippen LogP contribution in [0.2, 0.25) is 0 Å². The Kier molecular flexibility index (Phi) is 3.60. The SMILES string of the molecule is O=C(NCc1ccnc(-c2cccs2)c1)c1ccoc1. The minimum Gasteiger partial charge on any atom is -0.472 e. The number of pyridine rings is 1. The first-order chi connectivity index (χ1) is 9.83. The summed E-state index contributed by atoms with van der Waals surface area (Å²) in [4.78, 5) is 17.3. The molecule has 0 fully saturated rings. The molecule has 0 atom stereocenters. The molecule has 3 rings (SSSR count). The lowest BCUT2D eigenvalue weighted by Crippen LogP contribution is -2.22. The van der Waals surface area contributed by atoms with E-state index in [4.69, 9.17) is 4.42 Å². The van der Waals surface area contributed by atoms with Gasteiger partial charge in [0, 0.05) is 12.7 Å². The number of aromatic nitrogens is 1. The van der Waals surface area contributed by atoms with Crippen LogP contribution in [0.5, 0.6) is 0 Å². The molecule has 0 bridgehead atoms. The molecule has 0 spiro atoms. The molecule has 0 aliphatic rings. The van der Waals surface area contributed by atoms with Crippen LogP contribution in [0.25, 0.3) is 10.6 Å². The maximum absolute atomic E-state index is 11.8. The van der Waals surface area contributed by atoms with Crippen LogP contribution in [0.3, 0.4) is 0 Å². The van der Waals surface area contributed by atoms with Gasteiger partial charge in [-0.25, -0.2) is 0 Å². The van der Waals surface area contributed by atoms with Crippen molar-refractivity contribution in [2.45, 2.75) is 6.54 Å². The minimum atomic E-state index is -0.145. The smallest absolute Gasteiger partial charge is 0.254 e. The Balaban J connectivity index is 1.69. The van der Waals surface area contributed by atoms with E-state index in [9.17, 15) is 4.79 Å². The van der Waals surface area contributed by atoms with E-state index in [-0.39, 0.29) is 5.91 Å². The molecule has 3 aromatic rings. The number of hydrogen-bond acceptors (Lipinski definition) is 4. The second kappa shape index (κ2) is 5.71. The average Bonchev–Trinajstić information content (AvgIpc) is 3.17. The van der Waals surface area contributed by atoms with Crippen LogP contribution in [-0.4, -0.2) is 10.9 Å². The Morgan fingerprint density at radius 2 is 2.30 bits per heavy atom. The number of nitrogens with zero attached hydrogens (tertiary/aromatic N) is 1. The van der Waals surface area contributed by atoms with Crippen LogP contribution in [0, 0.1) is 0 Å². The number of carbonyl (C=O) groups excluding carboxylic acids is 1. The number of thiophene rings is 1. The highest BCUT2D eigenvalue weighted by Gasteiger charge is 2.07. The zero-order valence-electron chi connectivity index (χ0n) is 10.6. The summed E-state index contributed by atoms with van der Waals surface area (Å²) < 4.78 is 4.89. The Morgan fingerprint density at radius 3 is 3.05 bits per heavy atom. The van der Waals surface area contributed by atoms with E-state index in [0.29, 0.717) is 12.1 Å². The van der Waals surface area contributed by atoms with Gasteiger partial charge in [0.25, 0.3) is 5.91 Å². The zero-order chi connectivity index (χ0) is 13.8. The van der Waals surface area contributed by atoms with Crippen molar-refractivity contribution < 1.29 is 9.21 Å². The maximum atomic E-state index is 11.8. The Morgan fingerprint density at radius 1 is 1.35 bits per heavy atom. The van der Waals surface area contributed by atoms with Gasteiger partial charge in [0.15, 0.2) is 0 Å². The van der Waals surface area contributed by atoms with Gasteiger partial charge in [-0.15, -0.1) is 11.3 Å². The standard InChI is InChI=1S/C15H12N2O2S/c18-15(12-4-6-19-10-12)17-9-11-3-5-16-13(8-11)14-2-1-7-20-14/h1-8,10H,9H2,(H,17,18). The highest BCUT2D eigenvalue weighted by atomic mass is 32.1. The van der Waals surface area contributed by atoms with Crippen molar-refractivity contribution in [1.82, 2.24) is 10.3 Å². The summed E-state index contributed by atoms with van der Waals surface area (Å²) in [5.41, 5.74) is 2.47. The molecule has 0 aliphatic carbocycles. The number of amides is 1. The van der Waals surface area contributed by atoms with Gasteiger partial charge in [0.05, 0.1) is 22.4 Å². The Labute approximate surface area is 120 Å². The lowest BCUT2D eigenvalue weighted by molar-refractivity contribution is 0.0950. The van der Waals surface area contributed by atoms with Gasteiger partial charge in [-0.05, 0) is 35.2 Å². The highest BCUT2D eigenvalue weighted by Crippen LogP contribution is 2.22. The minimum absolute atomic E-state index is 0.145. The molecule has 3 heterocycles. The second-order valence-electron chi connectivity index (χ2n) is 4.22. The Bertz CT molecular complexity index is 691. The molecule has 1 N–H and O–H groups in total. The first kappa shape index (κ1) is 12.6. The van der Waals surface area contributed by atoms with Crippen molar-refractivity contribution >= 4 is 17.2 Å². The lowest BCUT2D eigenvalue weighted by atomic mass is 10.2.